The molecule has 0 aromatic heterocycles. The van der Waals surface area contributed by atoms with Crippen molar-refractivity contribution in [3.63, 3.8) is 0 Å². The van der Waals surface area contributed by atoms with Crippen molar-refractivity contribution in [1.29, 1.82) is 0 Å². The summed E-state index contributed by atoms with van der Waals surface area (Å²) in [5.74, 6) is -5.41. The molecular weight excluding hydrogens is 594 g/mol. The number of aliphatic hydroxyl groups excluding tert-OH is 5. The molecule has 21 heteroatoms. The molecule has 3 rings (SSSR count). The number of Topliss-reactive ketones (excluding diaryl/α,β-unsaturated/α-hetero) is 1. The van der Waals surface area contributed by atoms with Crippen molar-refractivity contribution in [1.82, 2.24) is 10.8 Å². The first-order chi connectivity index (χ1) is 20.3. The van der Waals surface area contributed by atoms with E-state index in [9.17, 15) is 60.1 Å². The molecule has 3 aliphatic heterocycles. The lowest BCUT2D eigenvalue weighted by atomic mass is 9.94. The minimum Gasteiger partial charge on any atom is -0.479 e. The van der Waals surface area contributed by atoms with E-state index < -0.39 is 116 Å². The predicted octanol–water partition coefficient (Wildman–Crippen LogP) is -7.07. The zero-order valence-corrected chi connectivity index (χ0v) is 22.4. The average molecular weight is 630 g/mol. The van der Waals surface area contributed by atoms with Gasteiger partial charge in [-0.3, -0.25) is 9.59 Å². The third kappa shape index (κ3) is 7.61. The van der Waals surface area contributed by atoms with Crippen molar-refractivity contribution >= 4 is 23.6 Å². The van der Waals surface area contributed by atoms with Gasteiger partial charge >= 0.3 is 11.9 Å². The van der Waals surface area contributed by atoms with Gasteiger partial charge in [-0.05, 0) is 0 Å². The number of amides is 1. The summed E-state index contributed by atoms with van der Waals surface area (Å²) in [7, 11) is 0. The molecule has 246 valence electrons. The van der Waals surface area contributed by atoms with Gasteiger partial charge < -0.3 is 80.4 Å². The van der Waals surface area contributed by atoms with E-state index in [1.165, 1.54) is 5.48 Å². The van der Waals surface area contributed by atoms with E-state index in [2.05, 4.69) is 5.32 Å². The number of ketones is 1. The Bertz CT molecular complexity index is 1000. The summed E-state index contributed by atoms with van der Waals surface area (Å²) in [6.45, 7) is -0.150. The third-order valence-electron chi connectivity index (χ3n) is 6.83. The Hall–Kier alpha value is -2.48. The number of nitrogens with two attached hydrogens (primary N) is 1. The van der Waals surface area contributed by atoms with E-state index in [0.717, 1.165) is 6.92 Å². The van der Waals surface area contributed by atoms with Crippen molar-refractivity contribution < 1.29 is 88.6 Å². The maximum Gasteiger partial charge on any atom is 0.335 e. The summed E-state index contributed by atoms with van der Waals surface area (Å²) in [6.07, 6.45) is -22.9. The number of carboxylic acids is 2. The molecule has 3 fully saturated rings. The maximum absolute atomic E-state index is 12.7. The number of aliphatic hydroxyl groups is 5. The van der Waals surface area contributed by atoms with Crippen molar-refractivity contribution in [2.24, 2.45) is 5.73 Å². The number of ether oxygens (including phenoxy) is 6. The van der Waals surface area contributed by atoms with Crippen LogP contribution in [0.1, 0.15) is 6.92 Å². The Morgan fingerprint density at radius 3 is 2.07 bits per heavy atom. The minimum absolute atomic E-state index is 0.0233. The quantitative estimate of drug-likeness (QED) is 0.0893. The molecule has 0 aromatic rings. The topological polar surface area (TPSA) is 336 Å². The molecule has 0 bridgehead atoms. The Labute approximate surface area is 241 Å². The van der Waals surface area contributed by atoms with E-state index in [1.807, 2.05) is 0 Å². The van der Waals surface area contributed by atoms with Gasteiger partial charge in [-0.2, -0.15) is 5.48 Å². The van der Waals surface area contributed by atoms with Gasteiger partial charge in [0, 0.05) is 13.5 Å². The molecule has 3 saturated heterocycles. The van der Waals surface area contributed by atoms with E-state index in [4.69, 9.17) is 34.2 Å². The number of carbonyl (C=O) groups is 4. The van der Waals surface area contributed by atoms with Crippen LogP contribution in [0.3, 0.4) is 0 Å². The lowest BCUT2D eigenvalue weighted by Gasteiger charge is -2.48. The fourth-order valence-corrected chi connectivity index (χ4v) is 4.76. The number of aliphatic carboxylic acids is 2. The van der Waals surface area contributed by atoms with E-state index >= 15 is 0 Å². The zero-order chi connectivity index (χ0) is 32.2. The number of rotatable bonds is 12. The molecule has 14 unspecified atom stereocenters. The molecule has 1 amide bonds. The second kappa shape index (κ2) is 15.0. The van der Waals surface area contributed by atoms with Crippen molar-refractivity contribution in [3.05, 3.63) is 0 Å². The van der Waals surface area contributed by atoms with Gasteiger partial charge in [0.15, 0.2) is 24.8 Å². The van der Waals surface area contributed by atoms with Crippen LogP contribution < -0.4 is 16.5 Å². The second-order valence-corrected chi connectivity index (χ2v) is 9.77. The molecule has 3 heterocycles. The van der Waals surface area contributed by atoms with Crippen LogP contribution in [0.4, 0.5) is 0 Å². The summed E-state index contributed by atoms with van der Waals surface area (Å²) >= 11 is 0. The number of carbonyl (C=O) groups excluding carboxylic acids is 2. The standard InChI is InChI=1S/C22H35N3O18/c1-5(27)24-8-10(29)14(40-22-11(30)7(25-37)9(28)16(42-22)18(33)34)6(4-26)39-20(8)41-15-12(31)13(32)21(38-3-2-23)43-17(15)19(35)36/h6-10,12-17,20-22,25-26,28-29,31-32,37H,2-4,23H2,1H3,(H,24,27)(H,33,34)(H,35,36). The van der Waals surface area contributed by atoms with Gasteiger partial charge in [-0.15, -0.1) is 0 Å². The Morgan fingerprint density at radius 2 is 1.53 bits per heavy atom. The van der Waals surface area contributed by atoms with Crippen LogP contribution in [0.25, 0.3) is 0 Å². The summed E-state index contributed by atoms with van der Waals surface area (Å²) in [5, 5.41) is 82.9. The molecule has 21 nitrogen and oxygen atoms in total. The first-order valence-electron chi connectivity index (χ1n) is 12.8. The van der Waals surface area contributed by atoms with Gasteiger partial charge in [-0.1, -0.05) is 0 Å². The fourth-order valence-electron chi connectivity index (χ4n) is 4.76. The van der Waals surface area contributed by atoms with Crippen LogP contribution in [0.2, 0.25) is 0 Å². The molecule has 0 saturated carbocycles. The highest BCUT2D eigenvalue weighted by molar-refractivity contribution is 5.90. The SMILES string of the molecule is CC(=O)NC1C(OC2C(C(=O)O)OC(OCCN)C(O)C2O)OC(CO)C(OC2OC(C(=O)O)C(O)C(NO)C2=O)C1O. The predicted molar refractivity (Wildman–Crippen MR) is 128 cm³/mol. The normalized spacial score (nSPS) is 41.9. The highest BCUT2D eigenvalue weighted by Crippen LogP contribution is 2.32. The largest absolute Gasteiger partial charge is 0.479 e. The first kappa shape index (κ1) is 35.0. The Balaban J connectivity index is 1.87. The maximum atomic E-state index is 12.7. The molecule has 3 aliphatic rings. The highest BCUT2D eigenvalue weighted by Gasteiger charge is 2.55. The van der Waals surface area contributed by atoms with Gasteiger partial charge in [0.25, 0.3) is 0 Å². The number of nitrogens with one attached hydrogen (secondary N) is 2. The number of hydrogen-bond acceptors (Lipinski definition) is 18. The van der Waals surface area contributed by atoms with E-state index in [0.29, 0.717) is 0 Å². The molecule has 0 aliphatic carbocycles. The lowest BCUT2D eigenvalue weighted by Crippen LogP contribution is -2.69. The smallest absolute Gasteiger partial charge is 0.335 e. The van der Waals surface area contributed by atoms with Crippen LogP contribution in [0.5, 0.6) is 0 Å². The van der Waals surface area contributed by atoms with Crippen molar-refractivity contribution in [3.8, 4) is 0 Å². The second-order valence-electron chi connectivity index (χ2n) is 9.77. The van der Waals surface area contributed by atoms with Crippen molar-refractivity contribution in [2.45, 2.75) is 92.8 Å². The van der Waals surface area contributed by atoms with E-state index in [1.54, 1.807) is 0 Å². The molecule has 14 atom stereocenters. The van der Waals surface area contributed by atoms with Crippen LogP contribution in [-0.4, -0.2) is 170 Å². The molecule has 0 aromatic carbocycles. The lowest BCUT2D eigenvalue weighted by molar-refractivity contribution is -0.349. The van der Waals surface area contributed by atoms with Gasteiger partial charge in [-0.25, -0.2) is 9.59 Å². The average Bonchev–Trinajstić information content (AvgIpc) is 2.94. The summed E-state index contributed by atoms with van der Waals surface area (Å²) in [6, 6.07) is -3.58. The Kier molecular flexibility index (Phi) is 12.2. The van der Waals surface area contributed by atoms with E-state index in [-0.39, 0.29) is 13.2 Å². The highest BCUT2D eigenvalue weighted by atomic mass is 16.8. The van der Waals surface area contributed by atoms with Gasteiger partial charge in [0.2, 0.25) is 18.0 Å². The summed E-state index contributed by atoms with van der Waals surface area (Å²) in [5.41, 5.74) is 6.79. The monoisotopic (exact) mass is 629 g/mol. The van der Waals surface area contributed by atoms with Gasteiger partial charge in [0.1, 0.15) is 54.8 Å². The van der Waals surface area contributed by atoms with Crippen LogP contribution in [0.15, 0.2) is 0 Å². The molecule has 43 heavy (non-hydrogen) atoms. The van der Waals surface area contributed by atoms with Gasteiger partial charge in [0.05, 0.1) is 13.2 Å². The molecule has 0 spiro atoms. The summed E-state index contributed by atoms with van der Waals surface area (Å²) < 4.78 is 32.0. The molecule has 0 radical (unpaired) electrons. The molecule has 12 N–H and O–H groups in total. The number of hydroxylamine groups is 1. The van der Waals surface area contributed by atoms with Crippen LogP contribution in [0, 0.1) is 0 Å². The Morgan fingerprint density at radius 1 is 0.884 bits per heavy atom. The van der Waals surface area contributed by atoms with Crippen LogP contribution in [-0.2, 0) is 47.6 Å². The first-order valence-corrected chi connectivity index (χ1v) is 12.8. The summed E-state index contributed by atoms with van der Waals surface area (Å²) in [4.78, 5) is 48.2. The minimum atomic E-state index is -2.16. The fraction of sp³-hybridized carbons (Fsp3) is 0.818. The molecular formula is C22H35N3O18. The zero-order valence-electron chi connectivity index (χ0n) is 22.4. The number of hydrogen-bond donors (Lipinski definition) is 11. The van der Waals surface area contributed by atoms with Crippen LogP contribution >= 0.6 is 0 Å². The van der Waals surface area contributed by atoms with Crippen molar-refractivity contribution in [2.75, 3.05) is 19.8 Å². The third-order valence-corrected chi connectivity index (χ3v) is 6.83. The number of carboxylic acid groups (broad SMARTS) is 2.